The maximum absolute atomic E-state index is 10.2. The Bertz CT molecular complexity index is 285. The van der Waals surface area contributed by atoms with Gasteiger partial charge in [0.1, 0.15) is 0 Å². The highest BCUT2D eigenvalue weighted by atomic mass is 32.1. The largest absolute Gasteiger partial charge is 0.387 e. The number of thiophene rings is 1. The molecule has 0 aliphatic heterocycles. The van der Waals surface area contributed by atoms with Crippen LogP contribution in [0.1, 0.15) is 42.5 Å². The van der Waals surface area contributed by atoms with Gasteiger partial charge in [-0.15, -0.1) is 11.3 Å². The number of hydrogen-bond donors (Lipinski definition) is 2. The number of aliphatic hydroxyl groups is 1. The maximum atomic E-state index is 10.2. The Kier molecular flexibility index (Phi) is 5.29. The third-order valence-corrected chi connectivity index (χ3v) is 4.03. The molecule has 0 aromatic carbocycles. The Hall–Kier alpha value is -0.380. The summed E-state index contributed by atoms with van der Waals surface area (Å²) >= 11 is 1.70. The van der Waals surface area contributed by atoms with Crippen molar-refractivity contribution in [1.82, 2.24) is 0 Å². The molecule has 1 heterocycles. The molecular formula is C12H21NOS. The molecule has 0 saturated carbocycles. The Morgan fingerprint density at radius 3 is 2.60 bits per heavy atom. The topological polar surface area (TPSA) is 46.2 Å². The average molecular weight is 227 g/mol. The van der Waals surface area contributed by atoms with Crippen LogP contribution in [-0.4, -0.2) is 11.7 Å². The molecule has 86 valence electrons. The molecule has 0 spiro atoms. The lowest BCUT2D eigenvalue weighted by Crippen LogP contribution is -2.21. The third kappa shape index (κ3) is 3.30. The zero-order chi connectivity index (χ0) is 11.3. The van der Waals surface area contributed by atoms with Gasteiger partial charge in [0.05, 0.1) is 6.10 Å². The lowest BCUT2D eigenvalue weighted by molar-refractivity contribution is 0.110. The van der Waals surface area contributed by atoms with Crippen LogP contribution >= 0.6 is 11.3 Å². The Labute approximate surface area is 96.1 Å². The number of rotatable bonds is 6. The fourth-order valence-corrected chi connectivity index (χ4v) is 2.78. The van der Waals surface area contributed by atoms with Crippen LogP contribution in [0.15, 0.2) is 12.1 Å². The van der Waals surface area contributed by atoms with Gasteiger partial charge in [0.15, 0.2) is 0 Å². The number of hydrogen-bond acceptors (Lipinski definition) is 3. The molecule has 2 unspecified atom stereocenters. The zero-order valence-electron chi connectivity index (χ0n) is 9.57. The first-order chi connectivity index (χ1) is 7.22. The zero-order valence-corrected chi connectivity index (χ0v) is 10.4. The van der Waals surface area contributed by atoms with Gasteiger partial charge in [0.2, 0.25) is 0 Å². The van der Waals surface area contributed by atoms with Crippen molar-refractivity contribution in [1.29, 1.82) is 0 Å². The van der Waals surface area contributed by atoms with Crippen molar-refractivity contribution in [2.45, 2.75) is 39.2 Å². The van der Waals surface area contributed by atoms with Crippen LogP contribution in [0.25, 0.3) is 0 Å². The molecule has 1 aromatic rings. The second-order valence-electron chi connectivity index (χ2n) is 3.89. The summed E-state index contributed by atoms with van der Waals surface area (Å²) in [6.07, 6.45) is 2.74. The van der Waals surface area contributed by atoms with Gasteiger partial charge in [-0.25, -0.2) is 0 Å². The Morgan fingerprint density at radius 2 is 2.13 bits per heavy atom. The highest BCUT2D eigenvalue weighted by molar-refractivity contribution is 7.12. The van der Waals surface area contributed by atoms with Gasteiger partial charge >= 0.3 is 0 Å². The highest BCUT2D eigenvalue weighted by Gasteiger charge is 2.20. The van der Waals surface area contributed by atoms with E-state index in [0.29, 0.717) is 6.54 Å². The normalized spacial score (nSPS) is 15.2. The lowest BCUT2D eigenvalue weighted by Gasteiger charge is -2.19. The van der Waals surface area contributed by atoms with Crippen molar-refractivity contribution >= 4 is 11.3 Å². The van der Waals surface area contributed by atoms with Crippen molar-refractivity contribution in [2.75, 3.05) is 6.54 Å². The first-order valence-electron chi connectivity index (χ1n) is 5.69. The summed E-state index contributed by atoms with van der Waals surface area (Å²) in [6, 6.07) is 4.13. The van der Waals surface area contributed by atoms with Crippen LogP contribution in [-0.2, 0) is 6.42 Å². The van der Waals surface area contributed by atoms with E-state index in [1.165, 1.54) is 4.88 Å². The van der Waals surface area contributed by atoms with E-state index in [-0.39, 0.29) is 12.0 Å². The van der Waals surface area contributed by atoms with Crippen molar-refractivity contribution in [3.63, 3.8) is 0 Å². The molecule has 2 atom stereocenters. The molecule has 2 nitrogen and oxygen atoms in total. The molecule has 3 heteroatoms. The van der Waals surface area contributed by atoms with Gasteiger partial charge in [0, 0.05) is 15.7 Å². The highest BCUT2D eigenvalue weighted by Crippen LogP contribution is 2.30. The summed E-state index contributed by atoms with van der Waals surface area (Å²) in [4.78, 5) is 2.40. The van der Waals surface area contributed by atoms with Gasteiger partial charge in [-0.1, -0.05) is 20.3 Å². The number of aryl methyl sites for hydroxylation is 1. The second-order valence-corrected chi connectivity index (χ2v) is 5.09. The fourth-order valence-electron chi connectivity index (χ4n) is 1.75. The van der Waals surface area contributed by atoms with Crippen LogP contribution in [0.4, 0.5) is 0 Å². The fraction of sp³-hybridized carbons (Fsp3) is 0.667. The van der Waals surface area contributed by atoms with E-state index in [1.807, 2.05) is 6.07 Å². The average Bonchev–Trinajstić information content (AvgIpc) is 2.73. The lowest BCUT2D eigenvalue weighted by atomic mass is 9.96. The van der Waals surface area contributed by atoms with Crippen molar-refractivity contribution in [3.05, 3.63) is 21.9 Å². The van der Waals surface area contributed by atoms with Gasteiger partial charge in [-0.3, -0.25) is 0 Å². The molecule has 0 aliphatic rings. The molecule has 3 N–H and O–H groups in total. The molecule has 0 bridgehead atoms. The number of aliphatic hydroxyl groups excluding tert-OH is 1. The van der Waals surface area contributed by atoms with Crippen molar-refractivity contribution in [3.8, 4) is 0 Å². The van der Waals surface area contributed by atoms with Gasteiger partial charge in [0.25, 0.3) is 0 Å². The van der Waals surface area contributed by atoms with E-state index in [1.54, 1.807) is 11.3 Å². The van der Waals surface area contributed by atoms with Gasteiger partial charge in [-0.05, 0) is 31.5 Å². The number of nitrogens with two attached hydrogens (primary N) is 1. The van der Waals surface area contributed by atoms with E-state index in [2.05, 4.69) is 19.9 Å². The predicted octanol–water partition coefficient (Wildman–Crippen LogP) is 2.72. The minimum absolute atomic E-state index is 0.207. The summed E-state index contributed by atoms with van der Waals surface area (Å²) < 4.78 is 0. The summed E-state index contributed by atoms with van der Waals surface area (Å²) in [5, 5.41) is 10.2. The Morgan fingerprint density at radius 1 is 1.40 bits per heavy atom. The van der Waals surface area contributed by atoms with Crippen LogP contribution in [0.2, 0.25) is 0 Å². The summed E-state index contributed by atoms with van der Waals surface area (Å²) in [5.41, 5.74) is 5.68. The first-order valence-corrected chi connectivity index (χ1v) is 6.51. The molecule has 0 fully saturated rings. The van der Waals surface area contributed by atoms with Gasteiger partial charge in [-0.2, -0.15) is 0 Å². The SMILES string of the molecule is CCCC(CN)C(O)c1ccc(CC)s1. The molecule has 1 rings (SSSR count). The van der Waals surface area contributed by atoms with Crippen LogP contribution < -0.4 is 5.73 Å². The van der Waals surface area contributed by atoms with Crippen LogP contribution in [0.5, 0.6) is 0 Å². The van der Waals surface area contributed by atoms with Crippen LogP contribution in [0, 0.1) is 5.92 Å². The minimum atomic E-state index is -0.375. The minimum Gasteiger partial charge on any atom is -0.387 e. The standard InChI is InChI=1S/C12H21NOS/c1-3-5-9(8-13)12(14)11-7-6-10(4-2)15-11/h6-7,9,12,14H,3-5,8,13H2,1-2H3. The summed E-state index contributed by atoms with van der Waals surface area (Å²) in [5.74, 6) is 0.207. The Balaban J connectivity index is 2.68. The molecule has 0 saturated heterocycles. The van der Waals surface area contributed by atoms with Crippen LogP contribution in [0.3, 0.4) is 0 Å². The molecular weight excluding hydrogens is 206 g/mol. The summed E-state index contributed by atoms with van der Waals surface area (Å²) in [7, 11) is 0. The maximum Gasteiger partial charge on any atom is 0.0922 e. The quantitative estimate of drug-likeness (QED) is 0.785. The molecule has 15 heavy (non-hydrogen) atoms. The molecule has 0 radical (unpaired) electrons. The summed E-state index contributed by atoms with van der Waals surface area (Å²) in [6.45, 7) is 4.82. The first kappa shape index (κ1) is 12.7. The van der Waals surface area contributed by atoms with Crippen molar-refractivity contribution < 1.29 is 5.11 Å². The second kappa shape index (κ2) is 6.26. The third-order valence-electron chi connectivity index (χ3n) is 2.73. The van der Waals surface area contributed by atoms with Gasteiger partial charge < -0.3 is 10.8 Å². The monoisotopic (exact) mass is 227 g/mol. The van der Waals surface area contributed by atoms with E-state index in [4.69, 9.17) is 5.73 Å². The van der Waals surface area contributed by atoms with E-state index >= 15 is 0 Å². The van der Waals surface area contributed by atoms with E-state index < -0.39 is 0 Å². The smallest absolute Gasteiger partial charge is 0.0922 e. The molecule has 0 aliphatic carbocycles. The predicted molar refractivity (Wildman–Crippen MR) is 66.1 cm³/mol. The molecule has 1 aromatic heterocycles. The van der Waals surface area contributed by atoms with E-state index in [0.717, 1.165) is 24.1 Å². The van der Waals surface area contributed by atoms with Crippen molar-refractivity contribution in [2.24, 2.45) is 11.7 Å². The molecule has 0 amide bonds. The van der Waals surface area contributed by atoms with E-state index in [9.17, 15) is 5.11 Å².